The van der Waals surface area contributed by atoms with Gasteiger partial charge >= 0.3 is 6.18 Å². The summed E-state index contributed by atoms with van der Waals surface area (Å²) in [5.74, 6) is -1.28. The first kappa shape index (κ1) is 26.7. The molecular formula is C24H27F3N2O5S. The highest BCUT2D eigenvalue weighted by atomic mass is 32.2. The van der Waals surface area contributed by atoms with E-state index in [0.717, 1.165) is 24.0 Å². The molecule has 0 spiro atoms. The minimum Gasteiger partial charge on any atom is -0.363 e. The van der Waals surface area contributed by atoms with Gasteiger partial charge in [-0.1, -0.05) is 38.1 Å². The van der Waals surface area contributed by atoms with E-state index in [4.69, 9.17) is 4.74 Å². The van der Waals surface area contributed by atoms with E-state index in [0.29, 0.717) is 18.4 Å². The normalized spacial score (nSPS) is 16.0. The van der Waals surface area contributed by atoms with Crippen molar-refractivity contribution in [2.24, 2.45) is 5.92 Å². The molecule has 11 heteroatoms. The van der Waals surface area contributed by atoms with Gasteiger partial charge in [-0.2, -0.15) is 13.2 Å². The van der Waals surface area contributed by atoms with Gasteiger partial charge in [-0.05, 0) is 54.2 Å². The predicted octanol–water partition coefficient (Wildman–Crippen LogP) is 3.74. The summed E-state index contributed by atoms with van der Waals surface area (Å²) >= 11 is 0. The number of hydrogen-bond donors (Lipinski definition) is 2. The monoisotopic (exact) mass is 512 g/mol. The maximum atomic E-state index is 13.0. The van der Waals surface area contributed by atoms with E-state index < -0.39 is 39.3 Å². The van der Waals surface area contributed by atoms with Crippen LogP contribution in [0.25, 0.3) is 0 Å². The van der Waals surface area contributed by atoms with Gasteiger partial charge in [0.05, 0.1) is 24.0 Å². The van der Waals surface area contributed by atoms with Crippen molar-refractivity contribution in [2.45, 2.75) is 51.1 Å². The summed E-state index contributed by atoms with van der Waals surface area (Å²) in [7, 11) is -3.69. The zero-order valence-corrected chi connectivity index (χ0v) is 20.3. The summed E-state index contributed by atoms with van der Waals surface area (Å²) in [4.78, 5) is 25.0. The Morgan fingerprint density at radius 3 is 2.06 bits per heavy atom. The van der Waals surface area contributed by atoms with Crippen LogP contribution in [-0.2, 0) is 37.9 Å². The highest BCUT2D eigenvalue weighted by Crippen LogP contribution is 2.45. The number of carbonyl (C=O) groups excluding carboxylic acids is 2. The SMILES string of the molecule is CC(C)[C@@H](OCc1ccc(C(F)(F)F)cc1)C(=O)NC1(c2ccc(C(=O)NS(C)(=O)=O)cc2)CC1. The topological polar surface area (TPSA) is 102 Å². The molecule has 2 amide bonds. The van der Waals surface area contributed by atoms with Crippen LogP contribution in [0.2, 0.25) is 0 Å². The molecule has 1 atom stereocenters. The zero-order valence-electron chi connectivity index (χ0n) is 19.5. The summed E-state index contributed by atoms with van der Waals surface area (Å²) in [5, 5.41) is 3.01. The molecule has 1 aliphatic rings. The summed E-state index contributed by atoms with van der Waals surface area (Å²) in [6.07, 6.45) is -3.00. The summed E-state index contributed by atoms with van der Waals surface area (Å²) in [5.41, 5.74) is 0.0806. The van der Waals surface area contributed by atoms with Gasteiger partial charge in [0.15, 0.2) is 0 Å². The van der Waals surface area contributed by atoms with Crippen LogP contribution >= 0.6 is 0 Å². The lowest BCUT2D eigenvalue weighted by Crippen LogP contribution is -2.44. The third-order valence-corrected chi connectivity index (χ3v) is 6.22. The predicted molar refractivity (Wildman–Crippen MR) is 123 cm³/mol. The van der Waals surface area contributed by atoms with Gasteiger partial charge in [0.1, 0.15) is 6.10 Å². The molecule has 0 aliphatic heterocycles. The van der Waals surface area contributed by atoms with Crippen LogP contribution in [0, 0.1) is 5.92 Å². The number of sulfonamides is 1. The van der Waals surface area contributed by atoms with E-state index in [-0.39, 0.29) is 24.0 Å². The molecule has 0 unspecified atom stereocenters. The number of amides is 2. The van der Waals surface area contributed by atoms with Crippen molar-refractivity contribution in [3.05, 3.63) is 70.8 Å². The molecule has 2 N–H and O–H groups in total. The van der Waals surface area contributed by atoms with E-state index in [1.54, 1.807) is 12.1 Å². The van der Waals surface area contributed by atoms with Crippen molar-refractivity contribution < 1.29 is 35.9 Å². The number of alkyl halides is 3. The molecule has 2 aromatic rings. The lowest BCUT2D eigenvalue weighted by molar-refractivity contribution is -0.138. The van der Waals surface area contributed by atoms with Crippen LogP contribution in [0.1, 0.15) is 53.7 Å². The van der Waals surface area contributed by atoms with Crippen molar-refractivity contribution in [3.8, 4) is 0 Å². The first-order valence-electron chi connectivity index (χ1n) is 10.9. The molecule has 1 fully saturated rings. The second kappa shape index (κ2) is 9.98. The first-order valence-corrected chi connectivity index (χ1v) is 12.8. The molecular weight excluding hydrogens is 485 g/mol. The molecule has 0 radical (unpaired) electrons. The molecule has 190 valence electrons. The van der Waals surface area contributed by atoms with Crippen LogP contribution in [-0.4, -0.2) is 32.6 Å². The van der Waals surface area contributed by atoms with Crippen LogP contribution < -0.4 is 10.0 Å². The standard InChI is InChI=1S/C24H27F3N2O5S/c1-15(2)20(34-14-16-4-8-19(9-5-16)24(25,26)27)22(31)28-23(12-13-23)18-10-6-17(7-11-18)21(30)29-35(3,32)33/h4-11,15,20H,12-14H2,1-3H3,(H,28,31)(H,29,30)/t20-/m1/s1. The first-order chi connectivity index (χ1) is 16.2. The fourth-order valence-electron chi connectivity index (χ4n) is 3.63. The number of benzene rings is 2. The molecule has 3 rings (SSSR count). The summed E-state index contributed by atoms with van der Waals surface area (Å²) in [6, 6.07) is 10.9. The zero-order chi connectivity index (χ0) is 26.0. The van der Waals surface area contributed by atoms with Gasteiger partial charge in [0, 0.05) is 5.56 Å². The minimum atomic E-state index is -4.42. The lowest BCUT2D eigenvalue weighted by Gasteiger charge is -2.25. The van der Waals surface area contributed by atoms with Crippen molar-refractivity contribution in [1.82, 2.24) is 10.0 Å². The highest BCUT2D eigenvalue weighted by Gasteiger charge is 2.47. The van der Waals surface area contributed by atoms with Crippen LogP contribution in [0.15, 0.2) is 48.5 Å². The summed E-state index contributed by atoms with van der Waals surface area (Å²) < 4.78 is 68.4. The number of hydrogen-bond acceptors (Lipinski definition) is 5. The van der Waals surface area contributed by atoms with Gasteiger partial charge < -0.3 is 10.1 Å². The molecule has 0 aromatic heterocycles. The van der Waals surface area contributed by atoms with Gasteiger partial charge in [-0.3, -0.25) is 9.59 Å². The Labute approximate surface area is 202 Å². The van der Waals surface area contributed by atoms with Gasteiger partial charge in [-0.25, -0.2) is 13.1 Å². The lowest BCUT2D eigenvalue weighted by atomic mass is 10.0. The average molecular weight is 513 g/mol. The van der Waals surface area contributed by atoms with E-state index in [1.165, 1.54) is 24.3 Å². The van der Waals surface area contributed by atoms with E-state index in [1.807, 2.05) is 18.6 Å². The van der Waals surface area contributed by atoms with Crippen molar-refractivity contribution in [1.29, 1.82) is 0 Å². The second-order valence-corrected chi connectivity index (χ2v) is 10.8. The van der Waals surface area contributed by atoms with E-state index in [2.05, 4.69) is 5.32 Å². The quantitative estimate of drug-likeness (QED) is 0.533. The third-order valence-electron chi connectivity index (χ3n) is 5.66. The van der Waals surface area contributed by atoms with Crippen molar-refractivity contribution in [2.75, 3.05) is 6.26 Å². The smallest absolute Gasteiger partial charge is 0.363 e. The molecule has 1 saturated carbocycles. The maximum Gasteiger partial charge on any atom is 0.416 e. The van der Waals surface area contributed by atoms with Crippen molar-refractivity contribution >= 4 is 21.8 Å². The van der Waals surface area contributed by atoms with Gasteiger partial charge in [-0.15, -0.1) is 0 Å². The molecule has 0 heterocycles. The Morgan fingerprint density at radius 1 is 1.03 bits per heavy atom. The highest BCUT2D eigenvalue weighted by molar-refractivity contribution is 7.89. The molecule has 7 nitrogen and oxygen atoms in total. The largest absolute Gasteiger partial charge is 0.416 e. The molecule has 0 bridgehead atoms. The Balaban J connectivity index is 1.64. The number of carbonyl (C=O) groups is 2. The van der Waals surface area contributed by atoms with Crippen molar-refractivity contribution in [3.63, 3.8) is 0 Å². The maximum absolute atomic E-state index is 13.0. The molecule has 0 saturated heterocycles. The van der Waals surface area contributed by atoms with Crippen LogP contribution in [0.3, 0.4) is 0 Å². The number of ether oxygens (including phenoxy) is 1. The van der Waals surface area contributed by atoms with E-state index >= 15 is 0 Å². The molecule has 1 aliphatic carbocycles. The Bertz CT molecular complexity index is 1170. The number of halogens is 3. The fourth-order valence-corrected chi connectivity index (χ4v) is 4.09. The Morgan fingerprint density at radius 2 is 1.60 bits per heavy atom. The van der Waals surface area contributed by atoms with Crippen LogP contribution in [0.4, 0.5) is 13.2 Å². The summed E-state index contributed by atoms with van der Waals surface area (Å²) in [6.45, 7) is 3.60. The minimum absolute atomic E-state index is 0.0223. The Hall–Kier alpha value is -2.92. The molecule has 35 heavy (non-hydrogen) atoms. The second-order valence-electron chi connectivity index (χ2n) is 9.02. The number of rotatable bonds is 9. The average Bonchev–Trinajstić information content (AvgIpc) is 3.53. The third kappa shape index (κ3) is 7.04. The fraction of sp³-hybridized carbons (Fsp3) is 0.417. The number of nitrogens with one attached hydrogen (secondary N) is 2. The Kier molecular flexibility index (Phi) is 7.61. The van der Waals surface area contributed by atoms with Gasteiger partial charge in [0.2, 0.25) is 15.9 Å². The van der Waals surface area contributed by atoms with Crippen LogP contribution in [0.5, 0.6) is 0 Å². The van der Waals surface area contributed by atoms with E-state index in [9.17, 15) is 31.2 Å². The molecule has 2 aromatic carbocycles. The van der Waals surface area contributed by atoms with Gasteiger partial charge in [0.25, 0.3) is 5.91 Å².